The van der Waals surface area contributed by atoms with Gasteiger partial charge in [0, 0.05) is 37.2 Å². The van der Waals surface area contributed by atoms with Crippen molar-refractivity contribution in [2.24, 2.45) is 17.8 Å². The van der Waals surface area contributed by atoms with Gasteiger partial charge >= 0.3 is 5.97 Å². The number of phenolic OH excluding ortho intramolecular Hbond substituents is 1. The molecule has 8 atom stereocenters. The Bertz CT molecular complexity index is 2910. The number of rotatable bonds is 19. The highest BCUT2D eigenvalue weighted by atomic mass is 16.7. The molecule has 0 aromatic heterocycles. The molecule has 6 amide bonds. The van der Waals surface area contributed by atoms with Crippen LogP contribution in [0.15, 0.2) is 84.9 Å². The summed E-state index contributed by atoms with van der Waals surface area (Å²) in [5, 5.41) is 33.1. The summed E-state index contributed by atoms with van der Waals surface area (Å²) < 4.78 is 22.8. The molecule has 20 nitrogen and oxygen atoms in total. The smallest absolute Gasteiger partial charge is 0.305 e. The third-order valence-electron chi connectivity index (χ3n) is 15.8. The number of amides is 6. The van der Waals surface area contributed by atoms with Crippen molar-refractivity contribution in [1.29, 1.82) is 0 Å². The summed E-state index contributed by atoms with van der Waals surface area (Å²) in [5.74, 6) is -2.16. The van der Waals surface area contributed by atoms with E-state index in [0.29, 0.717) is 38.2 Å². The number of aromatic hydroxyl groups is 1. The number of aryl methyl sites for hydroxylation is 2. The molecule has 0 radical (unpaired) electrons. The van der Waals surface area contributed by atoms with E-state index < -0.39 is 72.1 Å². The van der Waals surface area contributed by atoms with E-state index in [1.807, 2.05) is 45.9 Å². The topological polar surface area (TPSA) is 264 Å². The van der Waals surface area contributed by atoms with Crippen molar-refractivity contribution >= 4 is 47.1 Å². The van der Waals surface area contributed by atoms with Crippen molar-refractivity contribution in [3.05, 3.63) is 113 Å². The van der Waals surface area contributed by atoms with Crippen molar-refractivity contribution in [2.75, 3.05) is 45.0 Å². The minimum Gasteiger partial charge on any atom is -0.508 e. The number of para-hydroxylation sites is 1. The molecule has 8 rings (SSSR count). The van der Waals surface area contributed by atoms with Gasteiger partial charge in [0.25, 0.3) is 0 Å². The van der Waals surface area contributed by atoms with E-state index in [0.717, 1.165) is 42.3 Å². The Balaban J connectivity index is 0.000000241. The second kappa shape index (κ2) is 29.7. The summed E-state index contributed by atoms with van der Waals surface area (Å²) in [6.07, 6.45) is 2.16. The molecule has 20 heteroatoms. The molecular weight excluding hydrogens is 1070 g/mol. The van der Waals surface area contributed by atoms with Gasteiger partial charge in [-0.15, -0.1) is 0 Å². The zero-order chi connectivity index (χ0) is 60.8. The molecule has 4 aliphatic rings. The van der Waals surface area contributed by atoms with E-state index in [1.54, 1.807) is 26.0 Å². The maximum absolute atomic E-state index is 13.6. The molecule has 4 heterocycles. The van der Waals surface area contributed by atoms with E-state index in [4.69, 9.17) is 18.9 Å². The maximum atomic E-state index is 13.6. The number of carbonyl (C=O) groups is 7. The molecule has 84 heavy (non-hydrogen) atoms. The normalized spacial score (nSPS) is 23.0. The molecule has 4 aromatic carbocycles. The standard InChI is InChI=1S/C35H44N2O5.C29H41N5O8/c1-6-25-9-8-10-26(7-2)34(25)36-33(38)21-37-20-30(28-13-16-31-32(19-28)42-22-41-31)24(5)35(37)27-11-14-29(15-12-27)40-18-17-39-23(3)4;1-15(2)12-19-25(38)30-20(13-17-7-9-18(35)10-8-17)26(39)32-21(14-23(36)37)29(42)34-11-5-6-22(34)27(40)33-24(16(3)4)28(41)31-19/h8-16,19,23-24,30,35H,6-7,17-18,20-22H2,1-5H3,(H,36,38);7-10,15-16,19-22,24,35H,5-6,11-14H2,1-4H3,(H,30,38)(H,31,41)(H,32,39)(H,33,40)(H,36,37)/t24-,30+,35-;/m1./s1. The first-order chi connectivity index (χ1) is 40.1. The number of aliphatic carboxylic acids is 1. The van der Waals surface area contributed by atoms with E-state index >= 15 is 0 Å². The number of nitrogens with zero attached hydrogens (tertiary/aromatic N) is 2. The van der Waals surface area contributed by atoms with Crippen molar-refractivity contribution in [1.82, 2.24) is 31.1 Å². The highest BCUT2D eigenvalue weighted by Gasteiger charge is 2.43. The Morgan fingerprint density at radius 1 is 0.750 bits per heavy atom. The van der Waals surface area contributed by atoms with Gasteiger partial charge in [0.15, 0.2) is 11.5 Å². The maximum Gasteiger partial charge on any atom is 0.305 e. The van der Waals surface area contributed by atoms with Crippen molar-refractivity contribution in [3.63, 3.8) is 0 Å². The van der Waals surface area contributed by atoms with Crippen LogP contribution in [-0.2, 0) is 57.6 Å². The van der Waals surface area contributed by atoms with E-state index in [-0.39, 0.29) is 73.7 Å². The number of hydrogen-bond acceptors (Lipinski definition) is 13. The first-order valence-electron chi connectivity index (χ1n) is 29.5. The number of likely N-dealkylation sites (tertiary alicyclic amines) is 1. The van der Waals surface area contributed by atoms with Gasteiger partial charge < -0.3 is 60.6 Å². The lowest BCUT2D eigenvalue weighted by Gasteiger charge is -2.30. The molecule has 4 aliphatic heterocycles. The summed E-state index contributed by atoms with van der Waals surface area (Å²) in [6, 6.07) is 21.1. The zero-order valence-corrected chi connectivity index (χ0v) is 49.9. The van der Waals surface area contributed by atoms with Crippen LogP contribution in [-0.4, -0.2) is 137 Å². The summed E-state index contributed by atoms with van der Waals surface area (Å²) in [4.78, 5) is 96.4. The number of nitrogens with one attached hydrogen (secondary N) is 5. The number of ether oxygens (including phenoxy) is 4. The van der Waals surface area contributed by atoms with Gasteiger partial charge in [-0.05, 0) is 128 Å². The van der Waals surface area contributed by atoms with Crippen molar-refractivity contribution in [3.8, 4) is 23.0 Å². The average Bonchev–Trinajstić information content (AvgIpc) is 3.10. The fraction of sp³-hybridized carbons (Fsp3) is 0.516. The highest BCUT2D eigenvalue weighted by Crippen LogP contribution is 2.47. The second-order valence-corrected chi connectivity index (χ2v) is 23.2. The summed E-state index contributed by atoms with van der Waals surface area (Å²) in [6.45, 7) is 20.4. The Morgan fingerprint density at radius 2 is 1.39 bits per heavy atom. The van der Waals surface area contributed by atoms with Crippen LogP contribution in [0.5, 0.6) is 23.0 Å². The molecule has 0 bridgehead atoms. The van der Waals surface area contributed by atoms with Gasteiger partial charge in [0.05, 0.1) is 25.7 Å². The first kappa shape index (κ1) is 63.9. The molecular formula is C64H85N7O13. The Hall–Kier alpha value is -7.71. The molecule has 0 spiro atoms. The summed E-state index contributed by atoms with van der Waals surface area (Å²) >= 11 is 0. The lowest BCUT2D eigenvalue weighted by molar-refractivity contribution is -0.146. The predicted octanol–water partition coefficient (Wildman–Crippen LogP) is 6.81. The van der Waals surface area contributed by atoms with Crippen LogP contribution in [0.2, 0.25) is 0 Å². The lowest BCUT2D eigenvalue weighted by atomic mass is 9.84. The average molecular weight is 1160 g/mol. The van der Waals surface area contributed by atoms with Crippen LogP contribution in [0.25, 0.3) is 0 Å². The molecule has 454 valence electrons. The van der Waals surface area contributed by atoms with Gasteiger partial charge in [-0.25, -0.2) is 0 Å². The number of anilines is 1. The molecule has 0 saturated carbocycles. The Morgan fingerprint density at radius 3 is 2.04 bits per heavy atom. The van der Waals surface area contributed by atoms with Crippen LogP contribution in [0.4, 0.5) is 5.69 Å². The fourth-order valence-corrected chi connectivity index (χ4v) is 11.5. The number of carboxylic acid groups (broad SMARTS) is 1. The van der Waals surface area contributed by atoms with Crippen LogP contribution < -0.4 is 40.8 Å². The van der Waals surface area contributed by atoms with E-state index in [9.17, 15) is 43.8 Å². The fourth-order valence-electron chi connectivity index (χ4n) is 11.5. The van der Waals surface area contributed by atoms with Crippen LogP contribution in [0.1, 0.15) is 128 Å². The number of fused-ring (bicyclic) bond motifs is 2. The van der Waals surface area contributed by atoms with Crippen molar-refractivity contribution in [2.45, 2.75) is 156 Å². The number of phenols is 1. The molecule has 7 N–H and O–H groups in total. The third kappa shape index (κ3) is 16.8. The molecule has 5 unspecified atom stereocenters. The monoisotopic (exact) mass is 1160 g/mol. The quantitative estimate of drug-likeness (QED) is 0.0476. The molecule has 3 fully saturated rings. The largest absolute Gasteiger partial charge is 0.508 e. The minimum atomic E-state index is -1.50. The first-order valence-corrected chi connectivity index (χ1v) is 29.5. The Labute approximate surface area is 493 Å². The zero-order valence-electron chi connectivity index (χ0n) is 49.9. The third-order valence-corrected chi connectivity index (χ3v) is 15.8. The molecule has 0 aliphatic carbocycles. The predicted molar refractivity (Wildman–Crippen MR) is 316 cm³/mol. The van der Waals surface area contributed by atoms with Gasteiger partial charge in [-0.1, -0.05) is 97.0 Å². The summed E-state index contributed by atoms with van der Waals surface area (Å²) in [5.41, 5.74) is 6.25. The van der Waals surface area contributed by atoms with Crippen LogP contribution in [0.3, 0.4) is 0 Å². The van der Waals surface area contributed by atoms with Gasteiger partial charge in [-0.2, -0.15) is 0 Å². The molecule has 3 saturated heterocycles. The molecule has 4 aromatic rings. The van der Waals surface area contributed by atoms with Crippen molar-refractivity contribution < 1.29 is 62.7 Å². The van der Waals surface area contributed by atoms with Gasteiger partial charge in [-0.3, -0.25) is 38.5 Å². The van der Waals surface area contributed by atoms with Gasteiger partial charge in [0.2, 0.25) is 42.2 Å². The number of carbonyl (C=O) groups excluding carboxylic acids is 6. The number of benzene rings is 4. The Kier molecular flexibility index (Phi) is 22.6. The van der Waals surface area contributed by atoms with E-state index in [1.165, 1.54) is 39.3 Å². The van der Waals surface area contributed by atoms with Gasteiger partial charge in [0.1, 0.15) is 48.3 Å². The van der Waals surface area contributed by atoms with Crippen LogP contribution >= 0.6 is 0 Å². The lowest BCUT2D eigenvalue weighted by Crippen LogP contribution is -2.59. The van der Waals surface area contributed by atoms with E-state index in [2.05, 4.69) is 94.7 Å². The second-order valence-electron chi connectivity index (χ2n) is 23.2. The highest BCUT2D eigenvalue weighted by molar-refractivity contribution is 5.99. The van der Waals surface area contributed by atoms with Crippen LogP contribution in [0, 0.1) is 17.8 Å². The number of carboxylic acids is 1. The summed E-state index contributed by atoms with van der Waals surface area (Å²) in [7, 11) is 0. The SMILES string of the molecule is CC(C)CC1NC(=O)C(C(C)C)NC(=O)C2CCCN2C(=O)C(CC(=O)O)NC(=O)C(Cc2ccc(O)cc2)NC1=O.CCc1cccc(CC)c1NC(=O)CN1C[C@H](c2ccc3c(c2)OCO3)[C@@H](C)[C@@H]1c1ccc(OCCOC(C)C)cc1. The number of hydrogen-bond donors (Lipinski definition) is 7. The minimum absolute atomic E-state index is 0.00386.